The van der Waals surface area contributed by atoms with Crippen LogP contribution in [0.4, 0.5) is 23.5 Å². The normalized spacial score (nSPS) is 19.6. The highest BCUT2D eigenvalue weighted by atomic mass is 32.2. The number of anilines is 1. The van der Waals surface area contributed by atoms with E-state index in [4.69, 9.17) is 5.73 Å². The Morgan fingerprint density at radius 3 is 2.63 bits per heavy atom. The molecule has 3 aromatic heterocycles. The van der Waals surface area contributed by atoms with Crippen molar-refractivity contribution in [2.45, 2.75) is 29.8 Å². The molecule has 0 unspecified atom stereocenters. The number of halogens is 4. The average molecular weight is 534 g/mol. The molecule has 0 aromatic carbocycles. The third-order valence-corrected chi connectivity index (χ3v) is 8.00. The molecule has 10 nitrogen and oxygen atoms in total. The van der Waals surface area contributed by atoms with Crippen molar-refractivity contribution < 1.29 is 30.8 Å². The Morgan fingerprint density at radius 1 is 1.31 bits per heavy atom. The Bertz CT molecular complexity index is 1360. The maximum absolute atomic E-state index is 14.9. The number of alkyl halides is 4. The molecule has 0 spiro atoms. The highest BCUT2D eigenvalue weighted by Crippen LogP contribution is 2.38. The predicted octanol–water partition coefficient (Wildman–Crippen LogP) is 2.27. The number of sulfonamides is 1. The molecule has 3 aromatic rings. The van der Waals surface area contributed by atoms with E-state index in [0.29, 0.717) is 6.20 Å². The van der Waals surface area contributed by atoms with E-state index in [-0.39, 0.29) is 34.4 Å². The molecular formula is C19H19F4N7O3S2. The van der Waals surface area contributed by atoms with Crippen LogP contribution in [-0.2, 0) is 23.2 Å². The Kier molecular flexibility index (Phi) is 6.54. The number of aromatic nitrogens is 4. The Balaban J connectivity index is 1.55. The van der Waals surface area contributed by atoms with Crippen molar-refractivity contribution in [2.24, 2.45) is 12.8 Å². The number of imidazole rings is 1. The van der Waals surface area contributed by atoms with E-state index in [1.165, 1.54) is 28.5 Å². The topological polar surface area (TPSA) is 136 Å². The zero-order valence-electron chi connectivity index (χ0n) is 18.0. The van der Waals surface area contributed by atoms with Crippen LogP contribution in [0.2, 0.25) is 0 Å². The highest BCUT2D eigenvalue weighted by Gasteiger charge is 2.38. The molecule has 1 aliphatic rings. The molecule has 188 valence electrons. The molecule has 35 heavy (non-hydrogen) atoms. The van der Waals surface area contributed by atoms with Gasteiger partial charge in [0.25, 0.3) is 10.0 Å². The van der Waals surface area contributed by atoms with E-state index in [9.17, 15) is 30.8 Å². The van der Waals surface area contributed by atoms with Gasteiger partial charge < -0.3 is 15.6 Å². The van der Waals surface area contributed by atoms with Gasteiger partial charge in [-0.1, -0.05) is 0 Å². The number of amides is 1. The van der Waals surface area contributed by atoms with Crippen molar-refractivity contribution >= 4 is 33.2 Å². The van der Waals surface area contributed by atoms with Gasteiger partial charge in [-0.2, -0.15) is 17.5 Å². The third-order valence-electron chi connectivity index (χ3n) is 5.32. The van der Waals surface area contributed by atoms with Crippen LogP contribution in [-0.4, -0.2) is 63.5 Å². The Morgan fingerprint density at radius 2 is 2.06 bits per heavy atom. The van der Waals surface area contributed by atoms with Gasteiger partial charge in [0.2, 0.25) is 11.9 Å². The van der Waals surface area contributed by atoms with E-state index in [2.05, 4.69) is 20.3 Å². The number of nitrogens with two attached hydrogens (primary N) is 1. The maximum atomic E-state index is 14.9. The minimum absolute atomic E-state index is 0.0117. The van der Waals surface area contributed by atoms with Gasteiger partial charge >= 0.3 is 6.18 Å². The van der Waals surface area contributed by atoms with Crippen LogP contribution in [0.25, 0.3) is 10.6 Å². The van der Waals surface area contributed by atoms with Crippen LogP contribution >= 0.6 is 11.3 Å². The number of hydrogen-bond acceptors (Lipinski definition) is 8. The van der Waals surface area contributed by atoms with Gasteiger partial charge in [-0.25, -0.2) is 27.8 Å². The first-order valence-corrected chi connectivity index (χ1v) is 12.4. The summed E-state index contributed by atoms with van der Waals surface area (Å²) in [7, 11) is -2.40. The number of carbonyl (C=O) groups is 1. The summed E-state index contributed by atoms with van der Waals surface area (Å²) in [6.07, 6.45) is -3.27. The summed E-state index contributed by atoms with van der Waals surface area (Å²) in [6.45, 7) is -0.519. The zero-order chi connectivity index (χ0) is 25.5. The van der Waals surface area contributed by atoms with E-state index in [1.807, 2.05) is 0 Å². The summed E-state index contributed by atoms with van der Waals surface area (Å²) in [4.78, 5) is 22.8. The van der Waals surface area contributed by atoms with Crippen LogP contribution in [0.5, 0.6) is 0 Å². The number of piperidine rings is 1. The number of hydrogen-bond donors (Lipinski definition) is 2. The number of carbonyl (C=O) groups excluding carboxylic acids is 1. The average Bonchev–Trinajstić information content (AvgIpc) is 3.44. The molecule has 4 heterocycles. The Labute approximate surface area is 200 Å². The van der Waals surface area contributed by atoms with E-state index >= 15 is 0 Å². The van der Waals surface area contributed by atoms with Gasteiger partial charge in [-0.3, -0.25) is 4.79 Å². The van der Waals surface area contributed by atoms with Crippen LogP contribution < -0.4 is 11.1 Å². The molecular weight excluding hydrogens is 514 g/mol. The van der Waals surface area contributed by atoms with Crippen molar-refractivity contribution in [3.63, 3.8) is 0 Å². The van der Waals surface area contributed by atoms with Gasteiger partial charge in [-0.15, -0.1) is 11.3 Å². The van der Waals surface area contributed by atoms with Crippen molar-refractivity contribution in [1.29, 1.82) is 0 Å². The van der Waals surface area contributed by atoms with Gasteiger partial charge in [0.15, 0.2) is 5.03 Å². The number of nitrogens with zero attached hydrogens (tertiary/aromatic N) is 5. The number of thiophene rings is 1. The Hall–Kier alpha value is -3.11. The first-order valence-electron chi connectivity index (χ1n) is 10.1. The highest BCUT2D eigenvalue weighted by molar-refractivity contribution is 7.89. The summed E-state index contributed by atoms with van der Waals surface area (Å²) < 4.78 is 83.3. The van der Waals surface area contributed by atoms with Crippen molar-refractivity contribution in [2.75, 3.05) is 18.4 Å². The summed E-state index contributed by atoms with van der Waals surface area (Å²) in [6, 6.07) is 0.243. The van der Waals surface area contributed by atoms with Crippen LogP contribution in [0.3, 0.4) is 0 Å². The van der Waals surface area contributed by atoms with E-state index < -0.39 is 52.1 Å². The summed E-state index contributed by atoms with van der Waals surface area (Å²) in [5.41, 5.74) is 3.59. The number of aryl methyl sites for hydroxylation is 1. The summed E-state index contributed by atoms with van der Waals surface area (Å²) in [5, 5.41) is 3.77. The molecule has 16 heteroatoms. The lowest BCUT2D eigenvalue weighted by Gasteiger charge is -2.33. The van der Waals surface area contributed by atoms with Gasteiger partial charge in [0.1, 0.15) is 11.7 Å². The molecule has 1 aliphatic heterocycles. The smallest absolute Gasteiger partial charge is 0.366 e. The van der Waals surface area contributed by atoms with Crippen LogP contribution in [0, 0.1) is 0 Å². The summed E-state index contributed by atoms with van der Waals surface area (Å²) >= 11 is 0.845. The van der Waals surface area contributed by atoms with Gasteiger partial charge in [0.05, 0.1) is 28.5 Å². The minimum Gasteiger partial charge on any atom is -0.366 e. The van der Waals surface area contributed by atoms with Crippen molar-refractivity contribution in [3.8, 4) is 10.6 Å². The van der Waals surface area contributed by atoms with Gasteiger partial charge in [0, 0.05) is 37.9 Å². The van der Waals surface area contributed by atoms with Crippen molar-refractivity contribution in [3.05, 3.63) is 41.3 Å². The molecule has 0 radical (unpaired) electrons. The van der Waals surface area contributed by atoms with Crippen LogP contribution in [0.15, 0.2) is 35.2 Å². The number of nitrogens with one attached hydrogen (secondary N) is 1. The first-order chi connectivity index (χ1) is 16.4. The van der Waals surface area contributed by atoms with Crippen LogP contribution in [0.1, 0.15) is 22.3 Å². The lowest BCUT2D eigenvalue weighted by molar-refractivity contribution is -0.137. The second-order valence-corrected chi connectivity index (χ2v) is 10.6. The fourth-order valence-electron chi connectivity index (χ4n) is 3.51. The standard InChI is InChI=1S/C19H19F4N7O3S2/c1-29-7-15(26-9-29)35(32,33)30-3-2-13(12(20)6-30)27-18-25-5-11(19(21,22)23)16(28-18)14-4-10(8-34-14)17(24)31/h4-5,7-9,12-13H,2-3,6H2,1H3,(H2,24,31)(H,25,27,28)/t12-,13-/m1/s1. The zero-order valence-corrected chi connectivity index (χ0v) is 19.7. The lowest BCUT2D eigenvalue weighted by Crippen LogP contribution is -2.50. The fourth-order valence-corrected chi connectivity index (χ4v) is 5.84. The monoisotopic (exact) mass is 533 g/mol. The lowest BCUT2D eigenvalue weighted by atomic mass is 10.1. The minimum atomic E-state index is -4.78. The third kappa shape index (κ3) is 5.13. The molecule has 1 fully saturated rings. The quantitative estimate of drug-likeness (QED) is 0.464. The second kappa shape index (κ2) is 9.16. The summed E-state index contributed by atoms with van der Waals surface area (Å²) in [5.74, 6) is -1.07. The SMILES string of the molecule is Cn1cnc(S(=O)(=O)N2CC[C@@H](Nc3ncc(C(F)(F)F)c(-c4cc(C(N)=O)cs4)n3)[C@H](F)C2)c1. The molecule has 1 saturated heterocycles. The molecule has 4 rings (SSSR count). The molecule has 2 atom stereocenters. The number of primary amides is 1. The van der Waals surface area contributed by atoms with E-state index in [1.54, 1.807) is 7.05 Å². The first kappa shape index (κ1) is 25.0. The van der Waals surface area contributed by atoms with E-state index in [0.717, 1.165) is 15.6 Å². The molecule has 1 amide bonds. The second-order valence-electron chi connectivity index (χ2n) is 7.81. The molecule has 0 bridgehead atoms. The predicted molar refractivity (Wildman–Crippen MR) is 118 cm³/mol. The van der Waals surface area contributed by atoms with Crippen molar-refractivity contribution in [1.82, 2.24) is 23.8 Å². The molecule has 3 N–H and O–H groups in total. The number of rotatable bonds is 6. The largest absolute Gasteiger partial charge is 0.420 e. The molecule has 0 saturated carbocycles. The van der Waals surface area contributed by atoms with Gasteiger partial charge in [-0.05, 0) is 12.5 Å². The molecule has 0 aliphatic carbocycles. The fraction of sp³-hybridized carbons (Fsp3) is 0.368. The maximum Gasteiger partial charge on any atom is 0.420 e.